The summed E-state index contributed by atoms with van der Waals surface area (Å²) in [6.45, 7) is 0.0746. The van der Waals surface area contributed by atoms with Gasteiger partial charge in [0.1, 0.15) is 0 Å². The second kappa shape index (κ2) is 6.47. The van der Waals surface area contributed by atoms with E-state index in [9.17, 15) is 20.0 Å². The molecule has 20 heavy (non-hydrogen) atoms. The first-order valence-electron chi connectivity index (χ1n) is 6.78. The van der Waals surface area contributed by atoms with E-state index in [1.54, 1.807) is 0 Å². The maximum atomic E-state index is 12.1. The number of carbonyl (C=O) groups excluding carboxylic acids is 1. The van der Waals surface area contributed by atoms with Crippen LogP contribution >= 0.6 is 0 Å². The Kier molecular flexibility index (Phi) is 4.68. The van der Waals surface area contributed by atoms with Crippen LogP contribution < -0.4 is 5.32 Å². The second-order valence-electron chi connectivity index (χ2n) is 5.11. The number of hydrogen-bond acceptors (Lipinski definition) is 4. The predicted octanol–water partition coefficient (Wildman–Crippen LogP) is 1.88. The van der Waals surface area contributed by atoms with Crippen molar-refractivity contribution in [2.45, 2.75) is 31.7 Å². The monoisotopic (exact) mass is 278 g/mol. The van der Waals surface area contributed by atoms with Crippen molar-refractivity contribution in [3.63, 3.8) is 0 Å². The molecule has 2 rings (SSSR count). The van der Waals surface area contributed by atoms with E-state index in [0.29, 0.717) is 5.56 Å². The number of nitro groups is 1. The topological polar surface area (TPSA) is 92.5 Å². The van der Waals surface area contributed by atoms with Crippen LogP contribution in [0.15, 0.2) is 24.3 Å². The van der Waals surface area contributed by atoms with Crippen LogP contribution in [-0.4, -0.2) is 28.6 Å². The summed E-state index contributed by atoms with van der Waals surface area (Å²) in [5.74, 6) is -0.143. The van der Waals surface area contributed by atoms with Gasteiger partial charge < -0.3 is 10.4 Å². The van der Waals surface area contributed by atoms with E-state index in [0.717, 1.165) is 25.7 Å². The van der Waals surface area contributed by atoms with Crippen LogP contribution in [0.4, 0.5) is 5.69 Å². The van der Waals surface area contributed by atoms with Crippen molar-refractivity contribution in [1.29, 1.82) is 0 Å². The highest BCUT2D eigenvalue weighted by atomic mass is 16.6. The molecule has 6 heteroatoms. The zero-order valence-corrected chi connectivity index (χ0v) is 11.1. The summed E-state index contributed by atoms with van der Waals surface area (Å²) in [4.78, 5) is 22.2. The second-order valence-corrected chi connectivity index (χ2v) is 5.11. The third-order valence-electron chi connectivity index (χ3n) is 3.80. The number of amides is 1. The van der Waals surface area contributed by atoms with E-state index in [1.807, 2.05) is 0 Å². The van der Waals surface area contributed by atoms with E-state index in [4.69, 9.17) is 0 Å². The van der Waals surface area contributed by atoms with Gasteiger partial charge in [-0.15, -0.1) is 0 Å². The van der Waals surface area contributed by atoms with Gasteiger partial charge in [-0.25, -0.2) is 0 Å². The predicted molar refractivity (Wildman–Crippen MR) is 73.4 cm³/mol. The maximum Gasteiger partial charge on any atom is 0.269 e. The van der Waals surface area contributed by atoms with Gasteiger partial charge in [-0.2, -0.15) is 0 Å². The summed E-state index contributed by atoms with van der Waals surface area (Å²) in [7, 11) is 0. The number of rotatable bonds is 4. The number of carbonyl (C=O) groups is 1. The first-order valence-corrected chi connectivity index (χ1v) is 6.78. The summed E-state index contributed by atoms with van der Waals surface area (Å²) in [6.07, 6.45) is 3.91. The van der Waals surface area contributed by atoms with Gasteiger partial charge >= 0.3 is 0 Å². The van der Waals surface area contributed by atoms with E-state index >= 15 is 0 Å². The Bertz CT molecular complexity index is 486. The Morgan fingerprint density at radius 1 is 1.30 bits per heavy atom. The zero-order valence-electron chi connectivity index (χ0n) is 11.1. The lowest BCUT2D eigenvalue weighted by Crippen LogP contribution is -2.43. The summed E-state index contributed by atoms with van der Waals surface area (Å²) >= 11 is 0. The number of aliphatic hydroxyl groups is 1. The summed E-state index contributed by atoms with van der Waals surface area (Å²) in [5, 5.41) is 22.8. The highest BCUT2D eigenvalue weighted by Crippen LogP contribution is 2.24. The highest BCUT2D eigenvalue weighted by Gasteiger charge is 2.26. The normalized spacial score (nSPS) is 22.2. The van der Waals surface area contributed by atoms with Crippen LogP contribution in [0.25, 0.3) is 0 Å². The number of benzene rings is 1. The molecular weight excluding hydrogens is 260 g/mol. The van der Waals surface area contributed by atoms with Gasteiger partial charge in [0.25, 0.3) is 11.6 Å². The van der Waals surface area contributed by atoms with Crippen LogP contribution in [0.3, 0.4) is 0 Å². The summed E-state index contributed by atoms with van der Waals surface area (Å²) < 4.78 is 0. The lowest BCUT2D eigenvalue weighted by molar-refractivity contribution is -0.384. The van der Waals surface area contributed by atoms with Crippen LogP contribution in [-0.2, 0) is 0 Å². The quantitative estimate of drug-likeness (QED) is 0.649. The summed E-state index contributed by atoms with van der Waals surface area (Å²) in [6, 6.07) is 5.52. The van der Waals surface area contributed by atoms with Gasteiger partial charge in [-0.05, 0) is 25.0 Å². The third-order valence-corrected chi connectivity index (χ3v) is 3.80. The van der Waals surface area contributed by atoms with Crippen LogP contribution in [0.1, 0.15) is 36.0 Å². The lowest BCUT2D eigenvalue weighted by atomic mass is 9.85. The average Bonchev–Trinajstić information content (AvgIpc) is 2.48. The standard InChI is InChI=1S/C14H18N2O4/c17-9-11-3-1-2-4-13(11)15-14(18)10-5-7-12(8-6-10)16(19)20/h5-8,11,13,17H,1-4,9H2,(H,15,18). The molecule has 0 saturated heterocycles. The molecule has 0 spiro atoms. The molecule has 1 amide bonds. The van der Waals surface area contributed by atoms with Gasteiger partial charge in [0.15, 0.2) is 0 Å². The molecule has 0 bridgehead atoms. The highest BCUT2D eigenvalue weighted by molar-refractivity contribution is 5.94. The fourth-order valence-corrected chi connectivity index (χ4v) is 2.60. The number of hydrogen-bond donors (Lipinski definition) is 2. The zero-order chi connectivity index (χ0) is 14.5. The van der Waals surface area contributed by atoms with E-state index in [1.165, 1.54) is 24.3 Å². The summed E-state index contributed by atoms with van der Waals surface area (Å²) in [5.41, 5.74) is 0.366. The first-order chi connectivity index (χ1) is 9.61. The van der Waals surface area contributed by atoms with Gasteiger partial charge in [0.2, 0.25) is 0 Å². The molecular formula is C14H18N2O4. The smallest absolute Gasteiger partial charge is 0.269 e. The van der Waals surface area contributed by atoms with Gasteiger partial charge in [-0.1, -0.05) is 12.8 Å². The minimum atomic E-state index is -0.495. The van der Waals surface area contributed by atoms with Crippen molar-refractivity contribution < 1.29 is 14.8 Å². The Balaban J connectivity index is 2.01. The molecule has 0 aliphatic heterocycles. The number of nitrogens with one attached hydrogen (secondary N) is 1. The maximum absolute atomic E-state index is 12.1. The molecule has 1 aromatic rings. The molecule has 1 saturated carbocycles. The molecule has 1 fully saturated rings. The molecule has 0 heterocycles. The van der Waals surface area contributed by atoms with E-state index < -0.39 is 4.92 Å². The molecule has 1 aliphatic rings. The van der Waals surface area contributed by atoms with Crippen molar-refractivity contribution in [1.82, 2.24) is 5.32 Å². The third kappa shape index (κ3) is 3.33. The molecule has 1 aliphatic carbocycles. The van der Waals surface area contributed by atoms with Crippen LogP contribution in [0, 0.1) is 16.0 Å². The molecule has 0 radical (unpaired) electrons. The SMILES string of the molecule is O=C(NC1CCCCC1CO)c1ccc([N+](=O)[O-])cc1. The molecule has 0 aromatic heterocycles. The molecule has 2 unspecified atom stereocenters. The number of nitro benzene ring substituents is 1. The Morgan fingerprint density at radius 3 is 2.55 bits per heavy atom. The van der Waals surface area contributed by atoms with Crippen LogP contribution in [0.5, 0.6) is 0 Å². The first kappa shape index (κ1) is 14.5. The Labute approximate surface area is 117 Å². The van der Waals surface area contributed by atoms with E-state index in [2.05, 4.69) is 5.32 Å². The Morgan fingerprint density at radius 2 is 1.95 bits per heavy atom. The van der Waals surface area contributed by atoms with Crippen molar-refractivity contribution in [2.75, 3.05) is 6.61 Å². The van der Waals surface area contributed by atoms with Crippen LogP contribution in [0.2, 0.25) is 0 Å². The van der Waals surface area contributed by atoms with Gasteiger partial charge in [0, 0.05) is 36.3 Å². The van der Waals surface area contributed by atoms with Crippen molar-refractivity contribution in [2.24, 2.45) is 5.92 Å². The van der Waals surface area contributed by atoms with Crippen molar-refractivity contribution in [3.8, 4) is 0 Å². The molecule has 2 N–H and O–H groups in total. The van der Waals surface area contributed by atoms with Crippen molar-refractivity contribution >= 4 is 11.6 Å². The largest absolute Gasteiger partial charge is 0.396 e. The van der Waals surface area contributed by atoms with Crippen molar-refractivity contribution in [3.05, 3.63) is 39.9 Å². The number of non-ortho nitro benzene ring substituents is 1. The van der Waals surface area contributed by atoms with E-state index in [-0.39, 0.29) is 30.2 Å². The van der Waals surface area contributed by atoms with Gasteiger partial charge in [-0.3, -0.25) is 14.9 Å². The number of aliphatic hydroxyl groups excluding tert-OH is 1. The fraction of sp³-hybridized carbons (Fsp3) is 0.500. The minimum absolute atomic E-state index is 0.0172. The fourth-order valence-electron chi connectivity index (χ4n) is 2.60. The minimum Gasteiger partial charge on any atom is -0.396 e. The molecule has 108 valence electrons. The molecule has 2 atom stereocenters. The molecule has 1 aromatic carbocycles. The molecule has 6 nitrogen and oxygen atoms in total. The average molecular weight is 278 g/mol. The lowest BCUT2D eigenvalue weighted by Gasteiger charge is -2.30. The number of nitrogens with zero attached hydrogens (tertiary/aromatic N) is 1. The van der Waals surface area contributed by atoms with Gasteiger partial charge in [0.05, 0.1) is 4.92 Å². The Hall–Kier alpha value is -1.95.